The van der Waals surface area contributed by atoms with E-state index in [4.69, 9.17) is 0 Å². The van der Waals surface area contributed by atoms with Gasteiger partial charge in [0.15, 0.2) is 5.96 Å². The van der Waals surface area contributed by atoms with Gasteiger partial charge in [0, 0.05) is 53.2 Å². The molecule has 1 fully saturated rings. The minimum Gasteiger partial charge on any atom is -0.355 e. The molecule has 2 rings (SSSR count). The van der Waals surface area contributed by atoms with E-state index in [1.165, 1.54) is 0 Å². The third-order valence-electron chi connectivity index (χ3n) is 4.23. The normalized spacial score (nSPS) is 15.8. The fourth-order valence-electron chi connectivity index (χ4n) is 2.72. The van der Waals surface area contributed by atoms with E-state index in [0.717, 1.165) is 5.56 Å². The van der Waals surface area contributed by atoms with E-state index in [-0.39, 0.29) is 24.7 Å². The van der Waals surface area contributed by atoms with Crippen molar-refractivity contribution in [3.63, 3.8) is 0 Å². The maximum absolute atomic E-state index is 12.1. The Morgan fingerprint density at radius 3 is 2.31 bits per heavy atom. The predicted octanol–water partition coefficient (Wildman–Crippen LogP) is -0.154. The fraction of sp³-hybridized carbons (Fsp3) is 0.529. The van der Waals surface area contributed by atoms with E-state index in [1.807, 2.05) is 35.2 Å². The largest absolute Gasteiger partial charge is 0.355 e. The SMILES string of the molecule is CN=C(NCCS(=O)(=O)NCc1ccccc1)N1CCN(C(C)=O)CC1. The van der Waals surface area contributed by atoms with E-state index >= 15 is 0 Å². The Morgan fingerprint density at radius 2 is 1.73 bits per heavy atom. The topological polar surface area (TPSA) is 94.1 Å². The molecule has 0 atom stereocenters. The van der Waals surface area contributed by atoms with Gasteiger partial charge in [-0.2, -0.15) is 0 Å². The summed E-state index contributed by atoms with van der Waals surface area (Å²) < 4.78 is 26.8. The lowest BCUT2D eigenvalue weighted by Gasteiger charge is -2.36. The Hall–Kier alpha value is -2.13. The van der Waals surface area contributed by atoms with Crippen LogP contribution in [-0.2, 0) is 21.4 Å². The molecule has 0 aliphatic carbocycles. The average molecular weight is 382 g/mol. The van der Waals surface area contributed by atoms with Gasteiger partial charge < -0.3 is 15.1 Å². The van der Waals surface area contributed by atoms with Crippen LogP contribution in [0.4, 0.5) is 0 Å². The molecule has 1 aromatic carbocycles. The number of nitrogens with one attached hydrogen (secondary N) is 2. The molecule has 0 saturated carbocycles. The lowest BCUT2D eigenvalue weighted by atomic mass is 10.2. The Kier molecular flexibility index (Phi) is 7.40. The van der Waals surface area contributed by atoms with Crippen molar-refractivity contribution >= 4 is 21.9 Å². The van der Waals surface area contributed by atoms with Gasteiger partial charge in [0.25, 0.3) is 0 Å². The molecule has 1 aliphatic heterocycles. The molecule has 1 aromatic rings. The molecular formula is C17H27N5O3S. The molecule has 2 N–H and O–H groups in total. The molecule has 1 aliphatic rings. The summed E-state index contributed by atoms with van der Waals surface area (Å²) in [6.45, 7) is 4.76. The maximum Gasteiger partial charge on any atom is 0.219 e. The van der Waals surface area contributed by atoms with Gasteiger partial charge in [0.2, 0.25) is 15.9 Å². The van der Waals surface area contributed by atoms with Gasteiger partial charge in [-0.15, -0.1) is 0 Å². The smallest absolute Gasteiger partial charge is 0.219 e. The molecule has 1 heterocycles. The highest BCUT2D eigenvalue weighted by molar-refractivity contribution is 7.89. The fourth-order valence-corrected chi connectivity index (χ4v) is 3.63. The van der Waals surface area contributed by atoms with Gasteiger partial charge in [-0.05, 0) is 5.56 Å². The quantitative estimate of drug-likeness (QED) is 0.528. The Morgan fingerprint density at radius 1 is 1.12 bits per heavy atom. The second-order valence-corrected chi connectivity index (χ2v) is 8.02. The van der Waals surface area contributed by atoms with Gasteiger partial charge in [0.1, 0.15) is 0 Å². The number of carbonyl (C=O) groups is 1. The molecule has 8 nitrogen and oxygen atoms in total. The van der Waals surface area contributed by atoms with Crippen molar-refractivity contribution in [2.24, 2.45) is 4.99 Å². The van der Waals surface area contributed by atoms with Crippen molar-refractivity contribution in [1.82, 2.24) is 19.8 Å². The summed E-state index contributed by atoms with van der Waals surface area (Å²) >= 11 is 0. The van der Waals surface area contributed by atoms with Crippen LogP contribution in [0.2, 0.25) is 0 Å². The minimum atomic E-state index is -3.37. The second kappa shape index (κ2) is 9.54. The molecule has 1 amide bonds. The van der Waals surface area contributed by atoms with Crippen molar-refractivity contribution < 1.29 is 13.2 Å². The zero-order valence-corrected chi connectivity index (χ0v) is 16.1. The van der Waals surface area contributed by atoms with Gasteiger partial charge in [0.05, 0.1) is 5.75 Å². The lowest BCUT2D eigenvalue weighted by Crippen LogP contribution is -2.53. The number of aliphatic imine (C=N–C) groups is 1. The molecule has 1 saturated heterocycles. The van der Waals surface area contributed by atoms with Crippen molar-refractivity contribution in [3.8, 4) is 0 Å². The number of rotatable bonds is 6. The van der Waals surface area contributed by atoms with Crippen LogP contribution in [0.5, 0.6) is 0 Å². The Balaban J connectivity index is 1.75. The van der Waals surface area contributed by atoms with Crippen LogP contribution in [0.15, 0.2) is 35.3 Å². The highest BCUT2D eigenvalue weighted by Gasteiger charge is 2.21. The van der Waals surface area contributed by atoms with E-state index in [0.29, 0.717) is 32.1 Å². The predicted molar refractivity (Wildman–Crippen MR) is 102 cm³/mol. The summed E-state index contributed by atoms with van der Waals surface area (Å²) in [6.07, 6.45) is 0. The number of carbonyl (C=O) groups excluding carboxylic acids is 1. The first-order valence-electron chi connectivity index (χ1n) is 8.63. The summed E-state index contributed by atoms with van der Waals surface area (Å²) in [6, 6.07) is 9.40. The van der Waals surface area contributed by atoms with Crippen molar-refractivity contribution in [2.45, 2.75) is 13.5 Å². The number of benzene rings is 1. The maximum atomic E-state index is 12.1. The van der Waals surface area contributed by atoms with Gasteiger partial charge in [-0.3, -0.25) is 9.79 Å². The van der Waals surface area contributed by atoms with E-state index in [1.54, 1.807) is 18.9 Å². The Labute approximate surface area is 155 Å². The third-order valence-corrected chi connectivity index (χ3v) is 5.56. The average Bonchev–Trinajstić information content (AvgIpc) is 2.65. The highest BCUT2D eigenvalue weighted by atomic mass is 32.2. The first kappa shape index (κ1) is 20.2. The van der Waals surface area contributed by atoms with Gasteiger partial charge in [-0.1, -0.05) is 30.3 Å². The van der Waals surface area contributed by atoms with Crippen LogP contribution >= 0.6 is 0 Å². The molecular weight excluding hydrogens is 354 g/mol. The molecule has 0 unspecified atom stereocenters. The summed E-state index contributed by atoms with van der Waals surface area (Å²) in [4.78, 5) is 19.4. The van der Waals surface area contributed by atoms with Crippen LogP contribution in [0, 0.1) is 0 Å². The van der Waals surface area contributed by atoms with E-state index in [2.05, 4.69) is 15.0 Å². The van der Waals surface area contributed by atoms with E-state index < -0.39 is 10.0 Å². The zero-order chi connectivity index (χ0) is 19.0. The molecule has 0 aromatic heterocycles. The van der Waals surface area contributed by atoms with Crippen molar-refractivity contribution in [1.29, 1.82) is 0 Å². The number of amides is 1. The molecule has 0 radical (unpaired) electrons. The summed E-state index contributed by atoms with van der Waals surface area (Å²) in [5.74, 6) is 0.696. The van der Waals surface area contributed by atoms with Crippen LogP contribution in [0.3, 0.4) is 0 Å². The zero-order valence-electron chi connectivity index (χ0n) is 15.3. The molecule has 26 heavy (non-hydrogen) atoms. The number of sulfonamides is 1. The first-order chi connectivity index (χ1) is 12.4. The number of guanidine groups is 1. The van der Waals surface area contributed by atoms with Crippen LogP contribution in [0.25, 0.3) is 0 Å². The summed E-state index contributed by atoms with van der Waals surface area (Å²) in [5, 5.41) is 3.09. The number of nitrogens with zero attached hydrogens (tertiary/aromatic N) is 3. The summed E-state index contributed by atoms with van der Waals surface area (Å²) in [7, 11) is -1.70. The van der Waals surface area contributed by atoms with Crippen LogP contribution < -0.4 is 10.0 Å². The molecule has 0 bridgehead atoms. The third kappa shape index (κ3) is 6.30. The van der Waals surface area contributed by atoms with Gasteiger partial charge >= 0.3 is 0 Å². The number of piperazine rings is 1. The second-order valence-electron chi connectivity index (χ2n) is 6.09. The standard InChI is InChI=1S/C17H27N5O3S/c1-15(23)21-9-11-22(12-10-21)17(18-2)19-8-13-26(24,25)20-14-16-6-4-3-5-7-16/h3-7,20H,8-14H2,1-2H3,(H,18,19). The molecule has 0 spiro atoms. The van der Waals surface area contributed by atoms with Crippen molar-refractivity contribution in [3.05, 3.63) is 35.9 Å². The first-order valence-corrected chi connectivity index (χ1v) is 10.3. The van der Waals surface area contributed by atoms with E-state index in [9.17, 15) is 13.2 Å². The van der Waals surface area contributed by atoms with Crippen molar-refractivity contribution in [2.75, 3.05) is 45.5 Å². The summed E-state index contributed by atoms with van der Waals surface area (Å²) in [5.41, 5.74) is 0.920. The minimum absolute atomic E-state index is 0.0355. The molecule has 144 valence electrons. The number of hydrogen-bond acceptors (Lipinski definition) is 4. The van der Waals surface area contributed by atoms with Crippen LogP contribution in [0.1, 0.15) is 12.5 Å². The highest BCUT2D eigenvalue weighted by Crippen LogP contribution is 2.03. The lowest BCUT2D eigenvalue weighted by molar-refractivity contribution is -0.130. The Bertz CT molecular complexity index is 713. The molecule has 9 heteroatoms. The number of hydrogen-bond donors (Lipinski definition) is 2. The van der Waals surface area contributed by atoms with Gasteiger partial charge in [-0.25, -0.2) is 13.1 Å². The monoisotopic (exact) mass is 381 g/mol. The van der Waals surface area contributed by atoms with Crippen LogP contribution in [-0.4, -0.2) is 75.6 Å².